The molecule has 0 fully saturated rings. The summed E-state index contributed by atoms with van der Waals surface area (Å²) in [5.41, 5.74) is 1.92. The Kier molecular flexibility index (Phi) is 3.91. The molecule has 2 rings (SSSR count). The van der Waals surface area contributed by atoms with Crippen molar-refractivity contribution in [3.8, 4) is 0 Å². The zero-order chi connectivity index (χ0) is 12.3. The molecule has 0 bridgehead atoms. The summed E-state index contributed by atoms with van der Waals surface area (Å²) in [4.78, 5) is 4.19. The summed E-state index contributed by atoms with van der Waals surface area (Å²) in [6, 6.07) is 1.99. The third-order valence-corrected chi connectivity index (χ3v) is 3.52. The standard InChI is InChI=1S/C12H17N3OS/c1-3-9-7-10(15(4-2)14-9)11(16)8-12-13-5-6-17-12/h5-7,11,16H,3-4,8H2,1-2H3. The SMILES string of the molecule is CCc1cc(C(O)Cc2nccs2)n(CC)n1. The van der Waals surface area contributed by atoms with E-state index < -0.39 is 6.10 Å². The van der Waals surface area contributed by atoms with Gasteiger partial charge in [-0.25, -0.2) is 4.98 Å². The second kappa shape index (κ2) is 5.42. The molecule has 2 aromatic heterocycles. The van der Waals surface area contributed by atoms with Crippen LogP contribution in [0.25, 0.3) is 0 Å². The molecule has 5 heteroatoms. The number of hydrogen-bond donors (Lipinski definition) is 1. The molecular formula is C12H17N3OS. The zero-order valence-electron chi connectivity index (χ0n) is 10.1. The fraction of sp³-hybridized carbons (Fsp3) is 0.500. The number of thiazole rings is 1. The van der Waals surface area contributed by atoms with Crippen molar-refractivity contribution in [2.75, 3.05) is 0 Å². The van der Waals surface area contributed by atoms with Crippen LogP contribution in [0.4, 0.5) is 0 Å². The molecule has 0 radical (unpaired) electrons. The number of aliphatic hydroxyl groups is 1. The van der Waals surface area contributed by atoms with Gasteiger partial charge in [-0.3, -0.25) is 4.68 Å². The number of rotatable bonds is 5. The van der Waals surface area contributed by atoms with Gasteiger partial charge in [0.25, 0.3) is 0 Å². The molecule has 0 aliphatic carbocycles. The van der Waals surface area contributed by atoms with Crippen molar-refractivity contribution in [1.82, 2.24) is 14.8 Å². The highest BCUT2D eigenvalue weighted by Crippen LogP contribution is 2.20. The van der Waals surface area contributed by atoms with Gasteiger partial charge in [0.15, 0.2) is 0 Å². The van der Waals surface area contributed by atoms with Crippen LogP contribution < -0.4 is 0 Å². The summed E-state index contributed by atoms with van der Waals surface area (Å²) in [5, 5.41) is 17.5. The van der Waals surface area contributed by atoms with E-state index in [1.807, 2.05) is 23.1 Å². The van der Waals surface area contributed by atoms with Crippen LogP contribution in [0.1, 0.15) is 36.3 Å². The fourth-order valence-corrected chi connectivity index (χ4v) is 2.46. The molecule has 1 atom stereocenters. The minimum atomic E-state index is -0.520. The molecule has 0 spiro atoms. The van der Waals surface area contributed by atoms with E-state index in [0.29, 0.717) is 6.42 Å². The van der Waals surface area contributed by atoms with Crippen LogP contribution in [0.15, 0.2) is 17.6 Å². The molecule has 2 heterocycles. The lowest BCUT2D eigenvalue weighted by atomic mass is 10.1. The summed E-state index contributed by atoms with van der Waals surface area (Å²) in [6.45, 7) is 4.88. The van der Waals surface area contributed by atoms with Crippen LogP contribution in [-0.2, 0) is 19.4 Å². The van der Waals surface area contributed by atoms with E-state index in [1.54, 1.807) is 17.5 Å². The molecule has 0 aromatic carbocycles. The molecular weight excluding hydrogens is 234 g/mol. The number of aliphatic hydroxyl groups excluding tert-OH is 1. The Morgan fingerprint density at radius 2 is 2.29 bits per heavy atom. The zero-order valence-corrected chi connectivity index (χ0v) is 10.9. The second-order valence-corrected chi connectivity index (χ2v) is 4.85. The highest BCUT2D eigenvalue weighted by atomic mass is 32.1. The minimum Gasteiger partial charge on any atom is -0.386 e. The smallest absolute Gasteiger partial charge is 0.102 e. The molecule has 0 saturated heterocycles. The van der Waals surface area contributed by atoms with Gasteiger partial charge < -0.3 is 5.11 Å². The Hall–Kier alpha value is -1.20. The first kappa shape index (κ1) is 12.3. The summed E-state index contributed by atoms with van der Waals surface area (Å²) >= 11 is 1.57. The van der Waals surface area contributed by atoms with Gasteiger partial charge in [-0.1, -0.05) is 6.92 Å². The average molecular weight is 251 g/mol. The number of nitrogens with zero attached hydrogens (tertiary/aromatic N) is 3. The fourth-order valence-electron chi connectivity index (χ4n) is 1.80. The molecule has 0 saturated carbocycles. The van der Waals surface area contributed by atoms with E-state index in [-0.39, 0.29) is 0 Å². The summed E-state index contributed by atoms with van der Waals surface area (Å²) in [6.07, 6.45) is 2.70. The van der Waals surface area contributed by atoms with Gasteiger partial charge in [0, 0.05) is 24.5 Å². The van der Waals surface area contributed by atoms with Gasteiger partial charge >= 0.3 is 0 Å². The predicted molar refractivity (Wildman–Crippen MR) is 68.1 cm³/mol. The Labute approximate surface area is 105 Å². The van der Waals surface area contributed by atoms with Gasteiger partial charge in [0.2, 0.25) is 0 Å². The second-order valence-electron chi connectivity index (χ2n) is 3.88. The summed E-state index contributed by atoms with van der Waals surface area (Å²) in [7, 11) is 0. The molecule has 1 unspecified atom stereocenters. The molecule has 4 nitrogen and oxygen atoms in total. The third kappa shape index (κ3) is 2.73. The van der Waals surface area contributed by atoms with Crippen molar-refractivity contribution >= 4 is 11.3 Å². The maximum absolute atomic E-state index is 10.2. The molecule has 92 valence electrons. The van der Waals surface area contributed by atoms with E-state index in [4.69, 9.17) is 0 Å². The molecule has 17 heavy (non-hydrogen) atoms. The first-order valence-electron chi connectivity index (χ1n) is 5.87. The topological polar surface area (TPSA) is 50.9 Å². The Balaban J connectivity index is 2.17. The highest BCUT2D eigenvalue weighted by molar-refractivity contribution is 7.09. The van der Waals surface area contributed by atoms with Crippen molar-refractivity contribution in [2.24, 2.45) is 0 Å². The lowest BCUT2D eigenvalue weighted by Crippen LogP contribution is -2.10. The maximum atomic E-state index is 10.2. The van der Waals surface area contributed by atoms with Crippen LogP contribution in [0.2, 0.25) is 0 Å². The largest absolute Gasteiger partial charge is 0.386 e. The Bertz CT molecular complexity index is 464. The van der Waals surface area contributed by atoms with E-state index >= 15 is 0 Å². The quantitative estimate of drug-likeness (QED) is 0.886. The maximum Gasteiger partial charge on any atom is 0.102 e. The van der Waals surface area contributed by atoms with Crippen molar-refractivity contribution in [3.63, 3.8) is 0 Å². The molecule has 1 N–H and O–H groups in total. The number of aryl methyl sites for hydroxylation is 2. The van der Waals surface area contributed by atoms with E-state index in [0.717, 1.165) is 29.4 Å². The van der Waals surface area contributed by atoms with Gasteiger partial charge in [0.1, 0.15) is 6.10 Å². The predicted octanol–water partition coefficient (Wildman–Crippen LogP) is 2.20. The van der Waals surface area contributed by atoms with Crippen molar-refractivity contribution in [3.05, 3.63) is 34.0 Å². The average Bonchev–Trinajstić information content (AvgIpc) is 2.96. The van der Waals surface area contributed by atoms with Gasteiger partial charge in [0.05, 0.1) is 16.4 Å². The normalized spacial score (nSPS) is 12.9. The Morgan fingerprint density at radius 3 is 2.88 bits per heavy atom. The number of aromatic nitrogens is 3. The lowest BCUT2D eigenvalue weighted by molar-refractivity contribution is 0.167. The van der Waals surface area contributed by atoms with Crippen LogP contribution in [0.3, 0.4) is 0 Å². The van der Waals surface area contributed by atoms with Crippen LogP contribution in [0, 0.1) is 0 Å². The monoisotopic (exact) mass is 251 g/mol. The van der Waals surface area contributed by atoms with Gasteiger partial charge in [-0.15, -0.1) is 11.3 Å². The first-order valence-corrected chi connectivity index (χ1v) is 6.75. The van der Waals surface area contributed by atoms with E-state index in [9.17, 15) is 5.11 Å². The third-order valence-electron chi connectivity index (χ3n) is 2.72. The van der Waals surface area contributed by atoms with Crippen LogP contribution in [-0.4, -0.2) is 19.9 Å². The molecule has 0 aliphatic rings. The first-order chi connectivity index (χ1) is 8.24. The molecule has 0 amide bonds. The Morgan fingerprint density at radius 1 is 1.47 bits per heavy atom. The van der Waals surface area contributed by atoms with E-state index in [1.165, 1.54) is 0 Å². The summed E-state index contributed by atoms with van der Waals surface area (Å²) in [5.74, 6) is 0. The van der Waals surface area contributed by atoms with Gasteiger partial charge in [-0.2, -0.15) is 5.10 Å². The van der Waals surface area contributed by atoms with E-state index in [2.05, 4.69) is 17.0 Å². The van der Waals surface area contributed by atoms with Crippen molar-refractivity contribution in [2.45, 2.75) is 39.3 Å². The lowest BCUT2D eigenvalue weighted by Gasteiger charge is -2.10. The van der Waals surface area contributed by atoms with Crippen molar-refractivity contribution < 1.29 is 5.11 Å². The van der Waals surface area contributed by atoms with Crippen LogP contribution >= 0.6 is 11.3 Å². The summed E-state index contributed by atoms with van der Waals surface area (Å²) < 4.78 is 1.87. The van der Waals surface area contributed by atoms with Crippen molar-refractivity contribution in [1.29, 1.82) is 0 Å². The molecule has 2 aromatic rings. The van der Waals surface area contributed by atoms with Gasteiger partial charge in [-0.05, 0) is 19.4 Å². The highest BCUT2D eigenvalue weighted by Gasteiger charge is 2.16. The minimum absolute atomic E-state index is 0.520. The number of hydrogen-bond acceptors (Lipinski definition) is 4. The van der Waals surface area contributed by atoms with Crippen LogP contribution in [0.5, 0.6) is 0 Å². The molecule has 0 aliphatic heterocycles.